The summed E-state index contributed by atoms with van der Waals surface area (Å²) in [5.41, 5.74) is 2.67. The summed E-state index contributed by atoms with van der Waals surface area (Å²) in [5.74, 6) is -0.770. The molecule has 0 spiro atoms. The van der Waals surface area contributed by atoms with Crippen molar-refractivity contribution in [3.8, 4) is 0 Å². The molecule has 0 unspecified atom stereocenters. The fourth-order valence-electron chi connectivity index (χ4n) is 2.93. The Morgan fingerprint density at radius 3 is 2.52 bits per heavy atom. The zero-order valence-electron chi connectivity index (χ0n) is 15.3. The van der Waals surface area contributed by atoms with E-state index in [4.69, 9.17) is 9.47 Å². The molecule has 5 nitrogen and oxygen atoms in total. The van der Waals surface area contributed by atoms with Gasteiger partial charge in [0.25, 0.3) is 5.91 Å². The van der Waals surface area contributed by atoms with Gasteiger partial charge < -0.3 is 14.4 Å². The molecule has 1 atom stereocenters. The van der Waals surface area contributed by atoms with Gasteiger partial charge >= 0.3 is 5.97 Å². The molecule has 0 N–H and O–H groups in total. The summed E-state index contributed by atoms with van der Waals surface area (Å²) < 4.78 is 10.8. The highest BCUT2D eigenvalue weighted by Gasteiger charge is 2.29. The molecule has 0 saturated carbocycles. The van der Waals surface area contributed by atoms with Crippen LogP contribution in [-0.4, -0.2) is 43.1 Å². The van der Waals surface area contributed by atoms with Gasteiger partial charge in [0.1, 0.15) is 0 Å². The molecule has 1 aliphatic heterocycles. The second-order valence-electron chi connectivity index (χ2n) is 6.41. The second kappa shape index (κ2) is 9.14. The van der Waals surface area contributed by atoms with Crippen molar-refractivity contribution in [3.63, 3.8) is 0 Å². The number of esters is 1. The number of hydrogen-bond donors (Lipinski definition) is 0. The van der Waals surface area contributed by atoms with Crippen molar-refractivity contribution in [1.82, 2.24) is 4.90 Å². The molecule has 1 aliphatic rings. The van der Waals surface area contributed by atoms with Crippen molar-refractivity contribution in [1.29, 1.82) is 0 Å². The minimum absolute atomic E-state index is 0.221. The first-order chi connectivity index (χ1) is 13.1. The molecule has 0 bridgehead atoms. The number of nitrogens with zero attached hydrogens (tertiary/aromatic N) is 1. The summed E-state index contributed by atoms with van der Waals surface area (Å²) in [4.78, 5) is 27.0. The number of carbonyl (C=O) groups excluding carboxylic acids is 2. The molecule has 0 aromatic heterocycles. The van der Waals surface area contributed by atoms with Gasteiger partial charge in [-0.15, -0.1) is 0 Å². The fraction of sp³-hybridized carbons (Fsp3) is 0.273. The number of amides is 1. The largest absolute Gasteiger partial charge is 0.444 e. The molecule has 27 heavy (non-hydrogen) atoms. The van der Waals surface area contributed by atoms with Crippen LogP contribution in [0.3, 0.4) is 0 Å². The van der Waals surface area contributed by atoms with Crippen molar-refractivity contribution in [2.45, 2.75) is 13.0 Å². The van der Waals surface area contributed by atoms with Gasteiger partial charge in [0.2, 0.25) is 6.10 Å². The van der Waals surface area contributed by atoms with Crippen LogP contribution in [0.1, 0.15) is 22.8 Å². The number of hydrogen-bond acceptors (Lipinski definition) is 4. The highest BCUT2D eigenvalue weighted by Crippen LogP contribution is 2.21. The van der Waals surface area contributed by atoms with Gasteiger partial charge in [-0.3, -0.25) is 4.79 Å². The first-order valence-corrected chi connectivity index (χ1v) is 9.00. The average Bonchev–Trinajstić information content (AvgIpc) is 2.71. The first kappa shape index (κ1) is 18.9. The van der Waals surface area contributed by atoms with Crippen LogP contribution in [-0.2, 0) is 19.1 Å². The molecule has 2 aromatic rings. The molecule has 1 saturated heterocycles. The predicted octanol–water partition coefficient (Wildman–Crippen LogP) is 3.15. The number of rotatable bonds is 5. The third-order valence-corrected chi connectivity index (χ3v) is 4.34. The molecule has 1 amide bonds. The molecule has 5 heteroatoms. The first-order valence-electron chi connectivity index (χ1n) is 9.00. The van der Waals surface area contributed by atoms with Gasteiger partial charge in [0, 0.05) is 24.7 Å². The Kier molecular flexibility index (Phi) is 6.39. The summed E-state index contributed by atoms with van der Waals surface area (Å²) in [6.07, 6.45) is 2.09. The van der Waals surface area contributed by atoms with E-state index in [2.05, 4.69) is 0 Å². The molecule has 2 aromatic carbocycles. The topological polar surface area (TPSA) is 55.8 Å². The molecule has 140 valence electrons. The van der Waals surface area contributed by atoms with E-state index in [1.165, 1.54) is 6.08 Å². The summed E-state index contributed by atoms with van der Waals surface area (Å²) in [6.45, 7) is 3.97. The maximum absolute atomic E-state index is 12.9. The number of carbonyl (C=O) groups is 2. The van der Waals surface area contributed by atoms with Crippen LogP contribution >= 0.6 is 0 Å². The van der Waals surface area contributed by atoms with E-state index >= 15 is 0 Å². The summed E-state index contributed by atoms with van der Waals surface area (Å²) >= 11 is 0. The average molecular weight is 365 g/mol. The number of ether oxygens (including phenoxy) is 2. The normalized spacial score (nSPS) is 15.5. The SMILES string of the molecule is Cc1cccc(/C=C/C(=O)O[C@H](C(=O)N2CCOCC2)c2ccccc2)c1. The fourth-order valence-corrected chi connectivity index (χ4v) is 2.93. The molecule has 0 radical (unpaired) electrons. The smallest absolute Gasteiger partial charge is 0.331 e. The van der Waals surface area contributed by atoms with Crippen molar-refractivity contribution in [2.24, 2.45) is 0 Å². The monoisotopic (exact) mass is 365 g/mol. The van der Waals surface area contributed by atoms with Crippen LogP contribution in [0.2, 0.25) is 0 Å². The summed E-state index contributed by atoms with van der Waals surface area (Å²) in [5, 5.41) is 0. The minimum Gasteiger partial charge on any atom is -0.444 e. The van der Waals surface area contributed by atoms with Crippen LogP contribution in [0.15, 0.2) is 60.7 Å². The van der Waals surface area contributed by atoms with Crippen LogP contribution in [0.25, 0.3) is 6.08 Å². The van der Waals surface area contributed by atoms with E-state index in [1.807, 2.05) is 49.4 Å². The van der Waals surface area contributed by atoms with E-state index in [0.717, 1.165) is 11.1 Å². The van der Waals surface area contributed by atoms with Crippen molar-refractivity contribution in [2.75, 3.05) is 26.3 Å². The molecule has 0 aliphatic carbocycles. The van der Waals surface area contributed by atoms with Crippen LogP contribution in [0.4, 0.5) is 0 Å². The third-order valence-electron chi connectivity index (χ3n) is 4.34. The zero-order valence-corrected chi connectivity index (χ0v) is 15.3. The Labute approximate surface area is 159 Å². The van der Waals surface area contributed by atoms with Crippen LogP contribution in [0.5, 0.6) is 0 Å². The molecular weight excluding hydrogens is 342 g/mol. The van der Waals surface area contributed by atoms with Crippen molar-refractivity contribution in [3.05, 3.63) is 77.4 Å². The van der Waals surface area contributed by atoms with Gasteiger partial charge in [-0.2, -0.15) is 0 Å². The van der Waals surface area contributed by atoms with E-state index in [9.17, 15) is 9.59 Å². The predicted molar refractivity (Wildman–Crippen MR) is 103 cm³/mol. The van der Waals surface area contributed by atoms with E-state index in [1.54, 1.807) is 23.1 Å². The quantitative estimate of drug-likeness (QED) is 0.603. The maximum Gasteiger partial charge on any atom is 0.331 e. The van der Waals surface area contributed by atoms with Gasteiger partial charge in [-0.05, 0) is 18.6 Å². The minimum atomic E-state index is -0.959. The Hall–Kier alpha value is -2.92. The summed E-state index contributed by atoms with van der Waals surface area (Å²) in [7, 11) is 0. The highest BCUT2D eigenvalue weighted by atomic mass is 16.5. The Morgan fingerprint density at radius 2 is 1.81 bits per heavy atom. The lowest BCUT2D eigenvalue weighted by Crippen LogP contribution is -2.44. The summed E-state index contributed by atoms with van der Waals surface area (Å²) in [6, 6.07) is 16.9. The van der Waals surface area contributed by atoms with Gasteiger partial charge in [-0.1, -0.05) is 60.2 Å². The molecular formula is C22H23NO4. The lowest BCUT2D eigenvalue weighted by atomic mass is 10.1. The third kappa shape index (κ3) is 5.28. The van der Waals surface area contributed by atoms with Gasteiger partial charge in [0.15, 0.2) is 0 Å². The lowest BCUT2D eigenvalue weighted by Gasteiger charge is -2.30. The van der Waals surface area contributed by atoms with Gasteiger partial charge in [-0.25, -0.2) is 4.79 Å². The Balaban J connectivity index is 1.74. The van der Waals surface area contributed by atoms with E-state index < -0.39 is 12.1 Å². The zero-order chi connectivity index (χ0) is 19.1. The molecule has 1 heterocycles. The standard InChI is InChI=1S/C22H23NO4/c1-17-6-5-7-18(16-17)10-11-20(24)27-21(19-8-3-2-4-9-19)22(25)23-12-14-26-15-13-23/h2-11,16,21H,12-15H2,1H3/b11-10+/t21-/m0/s1. The molecule has 3 rings (SSSR count). The Bertz CT molecular complexity index is 810. The molecule has 1 fully saturated rings. The highest BCUT2D eigenvalue weighted by molar-refractivity contribution is 5.91. The van der Waals surface area contributed by atoms with Gasteiger partial charge in [0.05, 0.1) is 13.2 Å². The van der Waals surface area contributed by atoms with Crippen LogP contribution in [0, 0.1) is 6.92 Å². The van der Waals surface area contributed by atoms with E-state index in [0.29, 0.717) is 31.9 Å². The number of benzene rings is 2. The second-order valence-corrected chi connectivity index (χ2v) is 6.41. The number of morpholine rings is 1. The van der Waals surface area contributed by atoms with E-state index in [-0.39, 0.29) is 5.91 Å². The van der Waals surface area contributed by atoms with Crippen molar-refractivity contribution < 1.29 is 19.1 Å². The van der Waals surface area contributed by atoms with Crippen LogP contribution < -0.4 is 0 Å². The Morgan fingerprint density at radius 1 is 1.07 bits per heavy atom. The number of aryl methyl sites for hydroxylation is 1. The lowest BCUT2D eigenvalue weighted by molar-refractivity contribution is -0.159. The maximum atomic E-state index is 12.9. The van der Waals surface area contributed by atoms with Crippen molar-refractivity contribution >= 4 is 18.0 Å².